The molecule has 1 aromatic rings. The van der Waals surface area contributed by atoms with Crippen LogP contribution < -0.4 is 10.6 Å². The number of likely N-dealkylation sites (N-methyl/N-ethyl adjacent to an activating group) is 1. The Morgan fingerprint density at radius 2 is 2.05 bits per heavy atom. The van der Waals surface area contributed by atoms with Crippen molar-refractivity contribution in [1.29, 1.82) is 5.26 Å². The molecule has 0 aromatic carbocycles. The molecule has 0 bridgehead atoms. The van der Waals surface area contributed by atoms with E-state index >= 15 is 0 Å². The van der Waals surface area contributed by atoms with Crippen molar-refractivity contribution in [2.45, 2.75) is 13.8 Å². The maximum absolute atomic E-state index is 12.1. The van der Waals surface area contributed by atoms with E-state index in [1.54, 1.807) is 6.92 Å². The van der Waals surface area contributed by atoms with Gasteiger partial charge in [-0.05, 0) is 13.5 Å². The maximum Gasteiger partial charge on any atom is 0.343 e. The number of esters is 1. The highest BCUT2D eigenvalue weighted by Crippen LogP contribution is 2.38. The van der Waals surface area contributed by atoms with Gasteiger partial charge in [-0.2, -0.15) is 5.26 Å². The third-order valence-electron chi connectivity index (χ3n) is 3.61. The summed E-state index contributed by atoms with van der Waals surface area (Å²) in [6.45, 7) is 8.74. The average Bonchev–Trinajstić information content (AvgIpc) is 2.84. The van der Waals surface area contributed by atoms with E-state index < -0.39 is 5.97 Å². The summed E-state index contributed by atoms with van der Waals surface area (Å²) >= 11 is 1.28. The predicted octanol–water partition coefficient (Wildman–Crippen LogP) is 1.52. The molecular weight excluding hydrogens is 288 g/mol. The first-order valence-electron chi connectivity index (χ1n) is 7.09. The summed E-state index contributed by atoms with van der Waals surface area (Å²) in [5.41, 5.74) is 6.55. The number of carbonyl (C=O) groups excluding carboxylic acids is 1. The minimum atomic E-state index is -0.444. The van der Waals surface area contributed by atoms with Gasteiger partial charge in [0, 0.05) is 26.2 Å². The van der Waals surface area contributed by atoms with Crippen LogP contribution in [0.5, 0.6) is 0 Å². The van der Waals surface area contributed by atoms with Crippen molar-refractivity contribution in [3.05, 3.63) is 10.4 Å². The topological polar surface area (TPSA) is 82.6 Å². The summed E-state index contributed by atoms with van der Waals surface area (Å²) in [5, 5.41) is 9.91. The van der Waals surface area contributed by atoms with E-state index in [1.807, 2.05) is 0 Å². The molecule has 21 heavy (non-hydrogen) atoms. The molecule has 1 fully saturated rings. The van der Waals surface area contributed by atoms with E-state index in [4.69, 9.17) is 15.7 Å². The van der Waals surface area contributed by atoms with E-state index in [0.717, 1.165) is 37.7 Å². The molecule has 114 valence electrons. The molecule has 0 amide bonds. The third-order valence-corrected chi connectivity index (χ3v) is 4.79. The average molecular weight is 308 g/mol. The van der Waals surface area contributed by atoms with E-state index in [9.17, 15) is 4.79 Å². The van der Waals surface area contributed by atoms with Crippen LogP contribution in [0.2, 0.25) is 0 Å². The molecule has 0 aliphatic carbocycles. The van der Waals surface area contributed by atoms with E-state index in [-0.39, 0.29) is 5.69 Å². The second-order valence-electron chi connectivity index (χ2n) is 4.78. The zero-order valence-electron chi connectivity index (χ0n) is 12.4. The number of nitrogens with two attached hydrogens (primary N) is 1. The van der Waals surface area contributed by atoms with Crippen molar-refractivity contribution in [3.8, 4) is 6.07 Å². The first kappa shape index (κ1) is 15.6. The Labute approximate surface area is 128 Å². The van der Waals surface area contributed by atoms with Crippen LogP contribution in [-0.4, -0.2) is 50.2 Å². The van der Waals surface area contributed by atoms with Gasteiger partial charge in [0.05, 0.1) is 12.3 Å². The Morgan fingerprint density at radius 1 is 1.38 bits per heavy atom. The summed E-state index contributed by atoms with van der Waals surface area (Å²) in [6, 6.07) is 2.06. The number of carbonyl (C=O) groups is 1. The number of hydrogen-bond donors (Lipinski definition) is 1. The molecule has 2 N–H and O–H groups in total. The fourth-order valence-corrected chi connectivity index (χ4v) is 3.46. The van der Waals surface area contributed by atoms with Crippen molar-refractivity contribution in [3.63, 3.8) is 0 Å². The van der Waals surface area contributed by atoms with Gasteiger partial charge in [-0.3, -0.25) is 0 Å². The van der Waals surface area contributed by atoms with Crippen LogP contribution in [0, 0.1) is 11.3 Å². The molecule has 0 saturated carbocycles. The summed E-state index contributed by atoms with van der Waals surface area (Å²) in [6.07, 6.45) is 0. The van der Waals surface area contributed by atoms with Gasteiger partial charge in [0.15, 0.2) is 0 Å². The smallest absolute Gasteiger partial charge is 0.343 e. The van der Waals surface area contributed by atoms with Gasteiger partial charge in [-0.1, -0.05) is 6.92 Å². The number of anilines is 2. The monoisotopic (exact) mass is 308 g/mol. The van der Waals surface area contributed by atoms with Crippen LogP contribution >= 0.6 is 11.3 Å². The van der Waals surface area contributed by atoms with Gasteiger partial charge in [-0.15, -0.1) is 11.3 Å². The highest BCUT2D eigenvalue weighted by molar-refractivity contribution is 7.17. The number of piperazine rings is 1. The lowest BCUT2D eigenvalue weighted by Gasteiger charge is -2.35. The number of nitrogen functional groups attached to an aromatic ring is 1. The van der Waals surface area contributed by atoms with Gasteiger partial charge < -0.3 is 20.3 Å². The molecule has 1 aliphatic heterocycles. The van der Waals surface area contributed by atoms with Crippen molar-refractivity contribution in [2.24, 2.45) is 0 Å². The van der Waals surface area contributed by atoms with Crippen molar-refractivity contribution >= 4 is 28.0 Å². The third kappa shape index (κ3) is 3.12. The molecule has 1 saturated heterocycles. The quantitative estimate of drug-likeness (QED) is 0.849. The number of rotatable bonds is 4. The first-order chi connectivity index (χ1) is 10.1. The lowest BCUT2D eigenvalue weighted by atomic mass is 10.2. The standard InChI is InChI=1S/C14H20N4O2S/c1-3-17-5-7-18(8-6-17)13-11(14(19)20-4-2)12(16)10(9-15)21-13/h3-8,16H2,1-2H3. The zero-order valence-corrected chi connectivity index (χ0v) is 13.2. The maximum atomic E-state index is 12.1. The number of nitriles is 1. The molecule has 1 aromatic heterocycles. The van der Waals surface area contributed by atoms with Crippen molar-refractivity contribution < 1.29 is 9.53 Å². The van der Waals surface area contributed by atoms with Crippen LogP contribution in [0.3, 0.4) is 0 Å². The highest BCUT2D eigenvalue weighted by atomic mass is 32.1. The predicted molar refractivity (Wildman–Crippen MR) is 83.7 cm³/mol. The minimum Gasteiger partial charge on any atom is -0.462 e. The summed E-state index contributed by atoms with van der Waals surface area (Å²) < 4.78 is 5.08. The molecule has 0 spiro atoms. The summed E-state index contributed by atoms with van der Waals surface area (Å²) in [5.74, 6) is -0.444. The zero-order chi connectivity index (χ0) is 15.4. The number of thiophene rings is 1. The van der Waals surface area contributed by atoms with Crippen LogP contribution in [0.4, 0.5) is 10.7 Å². The second-order valence-corrected chi connectivity index (χ2v) is 5.78. The summed E-state index contributed by atoms with van der Waals surface area (Å²) in [4.78, 5) is 17.0. The van der Waals surface area contributed by atoms with Gasteiger partial charge in [0.1, 0.15) is 21.5 Å². The fourth-order valence-electron chi connectivity index (χ4n) is 2.40. The number of hydrogen-bond acceptors (Lipinski definition) is 7. The molecule has 2 heterocycles. The van der Waals surface area contributed by atoms with Crippen molar-refractivity contribution in [1.82, 2.24) is 4.90 Å². The Morgan fingerprint density at radius 3 is 2.57 bits per heavy atom. The van der Waals surface area contributed by atoms with Gasteiger partial charge in [-0.25, -0.2) is 4.79 Å². The molecular formula is C14H20N4O2S. The Hall–Kier alpha value is -1.78. The lowest BCUT2D eigenvalue weighted by Crippen LogP contribution is -2.46. The fraction of sp³-hybridized carbons (Fsp3) is 0.571. The van der Waals surface area contributed by atoms with Gasteiger partial charge >= 0.3 is 5.97 Å². The van der Waals surface area contributed by atoms with Crippen molar-refractivity contribution in [2.75, 3.05) is 50.0 Å². The Bertz CT molecular complexity index is 556. The van der Waals surface area contributed by atoms with Crippen LogP contribution in [-0.2, 0) is 4.74 Å². The number of nitrogens with zero attached hydrogens (tertiary/aromatic N) is 3. The largest absolute Gasteiger partial charge is 0.462 e. The Kier molecular flexibility index (Phi) is 5.04. The Balaban J connectivity index is 2.30. The normalized spacial score (nSPS) is 15.8. The van der Waals surface area contributed by atoms with Gasteiger partial charge in [0.25, 0.3) is 0 Å². The minimum absolute atomic E-state index is 0.244. The van der Waals surface area contributed by atoms with Crippen LogP contribution in [0.15, 0.2) is 0 Å². The van der Waals surface area contributed by atoms with E-state index in [1.165, 1.54) is 11.3 Å². The van der Waals surface area contributed by atoms with Gasteiger partial charge in [0.2, 0.25) is 0 Å². The number of ether oxygens (including phenoxy) is 1. The molecule has 1 aliphatic rings. The summed E-state index contributed by atoms with van der Waals surface area (Å²) in [7, 11) is 0. The molecule has 7 heteroatoms. The SMILES string of the molecule is CCOC(=O)c1c(N2CCN(CC)CC2)sc(C#N)c1N. The van der Waals surface area contributed by atoms with Crippen LogP contribution in [0.25, 0.3) is 0 Å². The molecule has 2 rings (SSSR count). The molecule has 6 nitrogen and oxygen atoms in total. The molecule has 0 radical (unpaired) electrons. The highest BCUT2D eigenvalue weighted by Gasteiger charge is 2.28. The molecule has 0 atom stereocenters. The van der Waals surface area contributed by atoms with Crippen LogP contribution in [0.1, 0.15) is 29.1 Å². The first-order valence-corrected chi connectivity index (χ1v) is 7.90. The van der Waals surface area contributed by atoms with E-state index in [0.29, 0.717) is 17.0 Å². The lowest BCUT2D eigenvalue weighted by molar-refractivity contribution is 0.0528. The second kappa shape index (κ2) is 6.78. The van der Waals surface area contributed by atoms with E-state index in [2.05, 4.69) is 22.8 Å². The molecule has 0 unspecified atom stereocenters.